The molecule has 1 amide bonds. The highest BCUT2D eigenvalue weighted by Gasteiger charge is 2.48. The zero-order chi connectivity index (χ0) is 12.5. The van der Waals surface area contributed by atoms with Gasteiger partial charge in [-0.05, 0) is 13.0 Å². The molecule has 2 aliphatic heterocycles. The maximum atomic E-state index is 11.7. The number of nitrogens with two attached hydrogens (primary N) is 1. The molecule has 17 heavy (non-hydrogen) atoms. The molecule has 2 saturated heterocycles. The Balaban J connectivity index is 1.98. The zero-order valence-electron chi connectivity index (χ0n) is 9.72. The first-order chi connectivity index (χ1) is 7.96. The quantitative estimate of drug-likeness (QED) is 0.756. The average Bonchev–Trinajstić information content (AvgIpc) is 2.53. The minimum atomic E-state index is -3.03. The van der Waals surface area contributed by atoms with Crippen LogP contribution in [0.3, 0.4) is 0 Å². The van der Waals surface area contributed by atoms with E-state index in [2.05, 4.69) is 0 Å². The highest BCUT2D eigenvalue weighted by Crippen LogP contribution is 2.34. The fourth-order valence-electron chi connectivity index (χ4n) is 2.38. The third kappa shape index (κ3) is 2.71. The Morgan fingerprint density at radius 2 is 2.18 bits per heavy atom. The first-order valence-corrected chi connectivity index (χ1v) is 7.67. The summed E-state index contributed by atoms with van der Waals surface area (Å²) in [6.07, 6.45) is 1.37. The van der Waals surface area contributed by atoms with Gasteiger partial charge in [0.15, 0.2) is 9.84 Å². The molecule has 6 nitrogen and oxygen atoms in total. The van der Waals surface area contributed by atoms with Gasteiger partial charge in [-0.3, -0.25) is 0 Å². The lowest BCUT2D eigenvalue weighted by molar-refractivity contribution is -0.0321. The van der Waals surface area contributed by atoms with E-state index in [4.69, 9.17) is 10.5 Å². The van der Waals surface area contributed by atoms with Crippen LogP contribution in [0.15, 0.2) is 0 Å². The maximum absolute atomic E-state index is 11.7. The van der Waals surface area contributed by atoms with Crippen LogP contribution in [0.4, 0.5) is 4.79 Å². The Hall–Kier alpha value is -0.820. The van der Waals surface area contributed by atoms with E-state index < -0.39 is 21.5 Å². The SMILES string of the molecule is NCCCN1CCC2(CCS(=O)(=O)C2)OC1=O. The molecule has 98 valence electrons. The number of amides is 1. The number of ether oxygens (including phenoxy) is 1. The lowest BCUT2D eigenvalue weighted by atomic mass is 9.97. The molecule has 2 heterocycles. The second kappa shape index (κ2) is 4.45. The molecule has 1 spiro atoms. The fraction of sp³-hybridized carbons (Fsp3) is 0.900. The summed E-state index contributed by atoms with van der Waals surface area (Å²) in [6.45, 7) is 1.68. The number of carbonyl (C=O) groups excluding carboxylic acids is 1. The number of rotatable bonds is 3. The monoisotopic (exact) mass is 262 g/mol. The van der Waals surface area contributed by atoms with Crippen LogP contribution in [0.25, 0.3) is 0 Å². The average molecular weight is 262 g/mol. The summed E-state index contributed by atoms with van der Waals surface area (Å²) in [6, 6.07) is 0. The van der Waals surface area contributed by atoms with Crippen molar-refractivity contribution in [3.63, 3.8) is 0 Å². The van der Waals surface area contributed by atoms with E-state index in [9.17, 15) is 13.2 Å². The molecule has 0 aromatic rings. The van der Waals surface area contributed by atoms with Gasteiger partial charge in [0, 0.05) is 25.9 Å². The minimum absolute atomic E-state index is 0.0174. The molecule has 0 bridgehead atoms. The highest BCUT2D eigenvalue weighted by atomic mass is 32.2. The van der Waals surface area contributed by atoms with Gasteiger partial charge < -0.3 is 15.4 Å². The number of nitrogens with zero attached hydrogens (tertiary/aromatic N) is 1. The number of hydrogen-bond acceptors (Lipinski definition) is 5. The van der Waals surface area contributed by atoms with Crippen molar-refractivity contribution in [2.24, 2.45) is 5.73 Å². The normalized spacial score (nSPS) is 31.8. The molecule has 0 saturated carbocycles. The van der Waals surface area contributed by atoms with Crippen LogP contribution in [-0.2, 0) is 14.6 Å². The van der Waals surface area contributed by atoms with Crippen molar-refractivity contribution < 1.29 is 17.9 Å². The summed E-state index contributed by atoms with van der Waals surface area (Å²) < 4.78 is 28.2. The topological polar surface area (TPSA) is 89.7 Å². The van der Waals surface area contributed by atoms with E-state index in [1.807, 2.05) is 0 Å². The van der Waals surface area contributed by atoms with Crippen LogP contribution < -0.4 is 5.73 Å². The lowest BCUT2D eigenvalue weighted by Gasteiger charge is -2.38. The molecular formula is C10H18N2O4S. The smallest absolute Gasteiger partial charge is 0.410 e. The van der Waals surface area contributed by atoms with Gasteiger partial charge in [-0.1, -0.05) is 0 Å². The second-order valence-electron chi connectivity index (χ2n) is 4.77. The first-order valence-electron chi connectivity index (χ1n) is 5.85. The van der Waals surface area contributed by atoms with E-state index in [0.717, 1.165) is 6.42 Å². The summed E-state index contributed by atoms with van der Waals surface area (Å²) in [5.41, 5.74) is 4.63. The van der Waals surface area contributed by atoms with Gasteiger partial charge in [0.25, 0.3) is 0 Å². The molecule has 0 aliphatic carbocycles. The molecule has 2 aliphatic rings. The van der Waals surface area contributed by atoms with Crippen LogP contribution in [0.5, 0.6) is 0 Å². The maximum Gasteiger partial charge on any atom is 0.410 e. The number of carbonyl (C=O) groups is 1. The van der Waals surface area contributed by atoms with Crippen molar-refractivity contribution in [1.29, 1.82) is 0 Å². The number of hydrogen-bond donors (Lipinski definition) is 1. The Kier molecular flexibility index (Phi) is 3.31. The number of sulfone groups is 1. The van der Waals surface area contributed by atoms with Gasteiger partial charge in [-0.25, -0.2) is 13.2 Å². The standard InChI is InChI=1S/C10H18N2O4S/c11-4-1-5-12-6-2-10(16-9(12)13)3-7-17(14,15)8-10/h1-8,11H2. The summed E-state index contributed by atoms with van der Waals surface area (Å²) in [7, 11) is -3.03. The molecule has 2 N–H and O–H groups in total. The lowest BCUT2D eigenvalue weighted by Crippen LogP contribution is -2.50. The Morgan fingerprint density at radius 1 is 1.41 bits per heavy atom. The van der Waals surface area contributed by atoms with Crippen LogP contribution >= 0.6 is 0 Å². The van der Waals surface area contributed by atoms with Crippen molar-refractivity contribution in [3.8, 4) is 0 Å². The molecule has 2 rings (SSSR count). The molecule has 7 heteroatoms. The van der Waals surface area contributed by atoms with E-state index in [1.165, 1.54) is 0 Å². The summed E-state index contributed by atoms with van der Waals surface area (Å²) >= 11 is 0. The van der Waals surface area contributed by atoms with Gasteiger partial charge in [-0.2, -0.15) is 0 Å². The van der Waals surface area contributed by atoms with Crippen molar-refractivity contribution in [3.05, 3.63) is 0 Å². The van der Waals surface area contributed by atoms with Crippen molar-refractivity contribution in [2.75, 3.05) is 31.1 Å². The Morgan fingerprint density at radius 3 is 2.71 bits per heavy atom. The molecule has 2 fully saturated rings. The third-order valence-electron chi connectivity index (χ3n) is 3.38. The van der Waals surface area contributed by atoms with E-state index in [-0.39, 0.29) is 11.5 Å². The fourth-order valence-corrected chi connectivity index (χ4v) is 4.36. The van der Waals surface area contributed by atoms with Crippen LogP contribution in [0, 0.1) is 0 Å². The predicted molar refractivity (Wildman–Crippen MR) is 62.3 cm³/mol. The van der Waals surface area contributed by atoms with Gasteiger partial charge in [0.05, 0.1) is 11.5 Å². The molecule has 0 aromatic carbocycles. The van der Waals surface area contributed by atoms with Gasteiger partial charge >= 0.3 is 6.09 Å². The third-order valence-corrected chi connectivity index (χ3v) is 5.18. The highest BCUT2D eigenvalue weighted by molar-refractivity contribution is 7.91. The largest absolute Gasteiger partial charge is 0.442 e. The predicted octanol–water partition coefficient (Wildman–Crippen LogP) is -0.265. The zero-order valence-corrected chi connectivity index (χ0v) is 10.5. The van der Waals surface area contributed by atoms with Gasteiger partial charge in [-0.15, -0.1) is 0 Å². The Bertz CT molecular complexity index is 409. The van der Waals surface area contributed by atoms with Crippen molar-refractivity contribution in [2.45, 2.75) is 24.9 Å². The molecular weight excluding hydrogens is 244 g/mol. The minimum Gasteiger partial charge on any atom is -0.442 e. The molecule has 0 aromatic heterocycles. The van der Waals surface area contributed by atoms with E-state index in [0.29, 0.717) is 32.5 Å². The molecule has 1 unspecified atom stereocenters. The second-order valence-corrected chi connectivity index (χ2v) is 6.96. The molecule has 0 radical (unpaired) electrons. The van der Waals surface area contributed by atoms with Crippen LogP contribution in [0.2, 0.25) is 0 Å². The van der Waals surface area contributed by atoms with Crippen molar-refractivity contribution >= 4 is 15.9 Å². The van der Waals surface area contributed by atoms with Crippen LogP contribution in [0.1, 0.15) is 19.3 Å². The van der Waals surface area contributed by atoms with Gasteiger partial charge in [0.1, 0.15) is 5.60 Å². The summed E-state index contributed by atoms with van der Waals surface area (Å²) in [5, 5.41) is 0. The van der Waals surface area contributed by atoms with Gasteiger partial charge in [0.2, 0.25) is 0 Å². The summed E-state index contributed by atoms with van der Waals surface area (Å²) in [5.74, 6) is 0.111. The van der Waals surface area contributed by atoms with Crippen LogP contribution in [-0.4, -0.2) is 56.2 Å². The van der Waals surface area contributed by atoms with E-state index in [1.54, 1.807) is 4.90 Å². The Labute approximate surface area is 101 Å². The summed E-state index contributed by atoms with van der Waals surface area (Å²) in [4.78, 5) is 13.3. The van der Waals surface area contributed by atoms with E-state index >= 15 is 0 Å². The molecule has 1 atom stereocenters. The van der Waals surface area contributed by atoms with Crippen molar-refractivity contribution in [1.82, 2.24) is 4.90 Å². The first kappa shape index (κ1) is 12.6.